The fourth-order valence-electron chi connectivity index (χ4n) is 17.7. The average molecular weight is 1640 g/mol. The Morgan fingerprint density at radius 3 is 0.806 bits per heavy atom. The Balaban J connectivity index is 0.000000151. The van der Waals surface area contributed by atoms with Gasteiger partial charge in [-0.1, -0.05) is 200 Å². The number of benzene rings is 10. The Morgan fingerprint density at radius 2 is 0.500 bits per heavy atom. The minimum Gasteiger partial charge on any atom is -0.201 e. The molecule has 0 radical (unpaired) electrons. The molecule has 0 aliphatic rings. The van der Waals surface area contributed by atoms with Crippen molar-refractivity contribution in [2.75, 3.05) is 0 Å². The lowest BCUT2D eigenvalue weighted by molar-refractivity contribution is -0.660. The zero-order valence-electron chi connectivity index (χ0n) is 80.3. The molecule has 15 rings (SSSR count). The predicted octanol–water partition coefficient (Wildman–Crippen LogP) is 28.4. The molecular formula is C119H138N5+5. The van der Waals surface area contributed by atoms with E-state index in [9.17, 15) is 0 Å². The fraction of sp³-hybridized carbons (Fsp3) is 0.286. The summed E-state index contributed by atoms with van der Waals surface area (Å²) in [6.45, 7) is 53.3. The van der Waals surface area contributed by atoms with Gasteiger partial charge in [0.1, 0.15) is 35.2 Å². The van der Waals surface area contributed by atoms with Crippen molar-refractivity contribution in [2.24, 2.45) is 46.6 Å². The maximum absolute atomic E-state index is 2.38. The summed E-state index contributed by atoms with van der Waals surface area (Å²) in [6.07, 6.45) is 13.1. The molecule has 634 valence electrons. The summed E-state index contributed by atoms with van der Waals surface area (Å²) in [6, 6.07) is 89.2. The third kappa shape index (κ3) is 22.5. The van der Waals surface area contributed by atoms with Crippen LogP contribution in [0.25, 0.3) is 112 Å². The summed E-state index contributed by atoms with van der Waals surface area (Å²) in [5, 5.41) is 0. The summed E-state index contributed by atoms with van der Waals surface area (Å²) in [5.41, 5.74) is 53.1. The molecule has 0 aliphatic carbocycles. The van der Waals surface area contributed by atoms with E-state index in [4.69, 9.17) is 0 Å². The summed E-state index contributed by atoms with van der Waals surface area (Å²) in [5.74, 6) is 1.19. The van der Waals surface area contributed by atoms with Gasteiger partial charge in [-0.05, 0) is 346 Å². The summed E-state index contributed by atoms with van der Waals surface area (Å²) >= 11 is 0. The van der Waals surface area contributed by atoms with Crippen molar-refractivity contribution in [1.29, 1.82) is 0 Å². The Bertz CT molecular complexity index is 6370. The van der Waals surface area contributed by atoms with E-state index in [1.165, 1.54) is 223 Å². The minimum atomic E-state index is 0.284. The molecule has 0 unspecified atom stereocenters. The van der Waals surface area contributed by atoms with Gasteiger partial charge in [0.2, 0.25) is 28.5 Å². The molecule has 5 nitrogen and oxygen atoms in total. The molecule has 5 heterocycles. The first-order valence-electron chi connectivity index (χ1n) is 44.6. The highest BCUT2D eigenvalue weighted by Crippen LogP contribution is 2.40. The normalized spacial score (nSPS) is 11.2. The number of pyridine rings is 5. The van der Waals surface area contributed by atoms with Crippen molar-refractivity contribution in [1.82, 2.24) is 0 Å². The Hall–Kier alpha value is -12.1. The van der Waals surface area contributed by atoms with Crippen LogP contribution in [0.2, 0.25) is 0 Å². The van der Waals surface area contributed by atoms with E-state index >= 15 is 0 Å². The van der Waals surface area contributed by atoms with Crippen LogP contribution in [0.5, 0.6) is 0 Å². The monoisotopic (exact) mass is 1640 g/mol. The molecule has 15 aromatic rings. The van der Waals surface area contributed by atoms with Gasteiger partial charge in [0.25, 0.3) is 0 Å². The highest BCUT2D eigenvalue weighted by atomic mass is 14.9. The highest BCUT2D eigenvalue weighted by molar-refractivity contribution is 5.83. The summed E-state index contributed by atoms with van der Waals surface area (Å²) in [7, 11) is 10.6. The molecule has 5 aromatic heterocycles. The zero-order chi connectivity index (χ0) is 89.9. The molecule has 0 amide bonds. The number of hydrogen-bond acceptors (Lipinski definition) is 0. The standard InChI is InChI=1S/C26H32N.C25H30N.C24H28N.2C22H24N/c1-18-10-8-9-11-22(18)23-16-24(20(3)14-19(23)2)25-15-21(12-13-27(25)7)17-26(4,5)6;1-17(2)13-21-11-12-26(6)25(15-21)24-16-23(19(4)14-20(24)5)22-10-8-7-9-18(22)3;1-16(2)20-11-12-25(6)24(14-20)23-15-22(18(4)13-19(23)5)21-10-8-7-9-17(21)3;1-15-10-11-22(23(5)14-15)21-13-20(17(3)12-18(21)4)19-9-7-6-8-16(19)2;1-15-10-11-23(5)22(12-15)21-14-20(17(3)13-18(21)4)19-9-7-6-8-16(19)2/h8-16H,17H2,1-7H3;7-12,14-17H,13H2,1-6H3;7-16H,1-6H3;2*6-14H,1-5H3/q5*+1. The van der Waals surface area contributed by atoms with E-state index in [0.717, 1.165) is 12.8 Å². The smallest absolute Gasteiger partial charge is 0.201 e. The van der Waals surface area contributed by atoms with Crippen LogP contribution in [0.1, 0.15) is 166 Å². The lowest BCUT2D eigenvalue weighted by Gasteiger charge is -2.18. The Labute approximate surface area is 746 Å². The van der Waals surface area contributed by atoms with E-state index in [2.05, 4.69) is 498 Å². The van der Waals surface area contributed by atoms with Crippen molar-refractivity contribution in [3.63, 3.8) is 0 Å². The lowest BCUT2D eigenvalue weighted by Crippen LogP contribution is -2.31. The molecule has 0 bridgehead atoms. The van der Waals surface area contributed by atoms with Crippen molar-refractivity contribution >= 4 is 0 Å². The molecule has 5 heteroatoms. The second kappa shape index (κ2) is 40.5. The molecular weight excluding hydrogens is 1500 g/mol. The SMILES string of the molecule is Cc1cc[n+](C)c(-c2cc(-c3ccccc3C)c(C)cc2C)c1.Cc1ccc(-c2cc(-c3ccccc3C)c(C)cc2C)[n+](C)c1.Cc1ccccc1-c1cc(-c2cc(C(C)C)cc[n+]2C)c(C)cc1C.Cc1ccccc1-c1cc(-c2cc(CC(C)(C)C)cc[n+]2C)c(C)cc1C.Cc1ccccc1-c1cc(-c2cc(CC(C)C)cc[n+]2C)c(C)cc1C. The predicted molar refractivity (Wildman–Crippen MR) is 529 cm³/mol. The molecule has 0 saturated carbocycles. The first-order chi connectivity index (χ1) is 58.8. The first kappa shape index (κ1) is 92.7. The lowest BCUT2D eigenvalue weighted by atomic mass is 9.87. The second-order valence-corrected chi connectivity index (χ2v) is 37.4. The molecule has 0 spiro atoms. The minimum absolute atomic E-state index is 0.284. The van der Waals surface area contributed by atoms with Gasteiger partial charge in [0.05, 0.1) is 0 Å². The second-order valence-electron chi connectivity index (χ2n) is 37.4. The summed E-state index contributed by atoms with van der Waals surface area (Å²) < 4.78 is 11.1. The fourth-order valence-corrected chi connectivity index (χ4v) is 17.7. The number of rotatable bonds is 14. The van der Waals surface area contributed by atoms with E-state index in [1.807, 2.05) is 0 Å². The van der Waals surface area contributed by atoms with Gasteiger partial charge < -0.3 is 0 Å². The topological polar surface area (TPSA) is 19.4 Å². The van der Waals surface area contributed by atoms with E-state index in [1.54, 1.807) is 0 Å². The van der Waals surface area contributed by atoms with Crippen LogP contribution in [0.3, 0.4) is 0 Å². The van der Waals surface area contributed by atoms with Crippen LogP contribution in [0.15, 0.2) is 274 Å². The number of aryl methyl sites for hydroxylation is 22. The Morgan fingerprint density at radius 1 is 0.226 bits per heavy atom. The molecule has 0 saturated heterocycles. The van der Waals surface area contributed by atoms with Gasteiger partial charge in [-0.25, -0.2) is 22.8 Å². The van der Waals surface area contributed by atoms with E-state index in [-0.39, 0.29) is 5.41 Å². The highest BCUT2D eigenvalue weighted by Gasteiger charge is 2.25. The quantitative estimate of drug-likeness (QED) is 0.0967. The molecule has 0 atom stereocenters. The summed E-state index contributed by atoms with van der Waals surface area (Å²) in [4.78, 5) is 0. The third-order valence-electron chi connectivity index (χ3n) is 24.6. The van der Waals surface area contributed by atoms with Crippen LogP contribution in [-0.2, 0) is 48.1 Å². The molecule has 10 aromatic carbocycles. The van der Waals surface area contributed by atoms with Gasteiger partial charge in [-0.3, -0.25) is 0 Å². The van der Waals surface area contributed by atoms with Crippen LogP contribution in [0.4, 0.5) is 0 Å². The average Bonchev–Trinajstić information content (AvgIpc) is 0.788. The number of aromatic nitrogens is 5. The zero-order valence-corrected chi connectivity index (χ0v) is 80.3. The van der Waals surface area contributed by atoms with Crippen LogP contribution >= 0.6 is 0 Å². The van der Waals surface area contributed by atoms with Crippen molar-refractivity contribution in [3.05, 3.63) is 385 Å². The first-order valence-corrected chi connectivity index (χ1v) is 44.6. The Kier molecular flexibility index (Phi) is 30.3. The molecule has 0 aliphatic heterocycles. The molecule has 0 N–H and O–H groups in total. The van der Waals surface area contributed by atoms with Crippen LogP contribution in [-0.4, -0.2) is 0 Å². The molecule has 0 fully saturated rings. The van der Waals surface area contributed by atoms with Crippen LogP contribution in [0, 0.1) is 129 Å². The van der Waals surface area contributed by atoms with Crippen molar-refractivity contribution in [2.45, 2.75) is 185 Å². The van der Waals surface area contributed by atoms with E-state index < -0.39 is 0 Å². The maximum Gasteiger partial charge on any atom is 0.212 e. The van der Waals surface area contributed by atoms with E-state index in [0.29, 0.717) is 11.8 Å². The third-order valence-corrected chi connectivity index (χ3v) is 24.6. The molecule has 124 heavy (non-hydrogen) atoms. The number of hydrogen-bond donors (Lipinski definition) is 0. The maximum atomic E-state index is 2.38. The van der Waals surface area contributed by atoms with Gasteiger partial charge in [0.15, 0.2) is 31.0 Å². The van der Waals surface area contributed by atoms with Gasteiger partial charge in [0, 0.05) is 88.0 Å². The van der Waals surface area contributed by atoms with Gasteiger partial charge in [-0.15, -0.1) is 0 Å². The van der Waals surface area contributed by atoms with Crippen LogP contribution < -0.4 is 22.8 Å². The van der Waals surface area contributed by atoms with Gasteiger partial charge in [-0.2, -0.15) is 0 Å². The largest absolute Gasteiger partial charge is 0.212 e. The van der Waals surface area contributed by atoms with Crippen molar-refractivity contribution < 1.29 is 22.8 Å². The number of nitrogens with zero attached hydrogens (tertiary/aromatic N) is 5. The van der Waals surface area contributed by atoms with Gasteiger partial charge >= 0.3 is 0 Å². The van der Waals surface area contributed by atoms with Crippen molar-refractivity contribution in [3.8, 4) is 112 Å².